The van der Waals surface area contributed by atoms with E-state index in [1.54, 1.807) is 6.20 Å². The SMILES string of the molecule is CCOc1cc(C(C)(C)C)ncc1C1=N[C@@](C)(c2ccc(Cl)cc2)[C@@](C)(c2ccc(Cl)cc2)N1C(=O)N1CCC(CC(=O)NCCCF)CC1. The summed E-state index contributed by atoms with van der Waals surface area (Å²) in [4.78, 5) is 41.7. The molecule has 1 aromatic heterocycles. The molecule has 0 bridgehead atoms. The van der Waals surface area contributed by atoms with Crippen molar-refractivity contribution < 1.29 is 18.7 Å². The van der Waals surface area contributed by atoms with Gasteiger partial charge in [-0.15, -0.1) is 0 Å². The van der Waals surface area contributed by atoms with E-state index in [9.17, 15) is 9.18 Å². The van der Waals surface area contributed by atoms with E-state index in [2.05, 4.69) is 26.1 Å². The van der Waals surface area contributed by atoms with Crippen LogP contribution >= 0.6 is 23.2 Å². The Morgan fingerprint density at radius 2 is 1.60 bits per heavy atom. The van der Waals surface area contributed by atoms with Crippen molar-refractivity contribution in [2.24, 2.45) is 10.9 Å². The van der Waals surface area contributed by atoms with Gasteiger partial charge in [0.15, 0.2) is 0 Å². The number of benzene rings is 2. The van der Waals surface area contributed by atoms with E-state index < -0.39 is 17.8 Å². The third-order valence-electron chi connectivity index (χ3n) is 10.1. The van der Waals surface area contributed by atoms with Crippen LogP contribution < -0.4 is 10.1 Å². The van der Waals surface area contributed by atoms with Crippen LogP contribution in [0.5, 0.6) is 5.75 Å². The Labute approximate surface area is 305 Å². The zero-order valence-electron chi connectivity index (χ0n) is 29.9. The maximum atomic E-state index is 15.2. The van der Waals surface area contributed by atoms with Gasteiger partial charge in [0.25, 0.3) is 0 Å². The number of hydrogen-bond acceptors (Lipinski definition) is 5. The number of pyridine rings is 1. The first-order valence-electron chi connectivity index (χ1n) is 17.4. The fourth-order valence-electron chi connectivity index (χ4n) is 6.96. The first-order chi connectivity index (χ1) is 23.7. The third-order valence-corrected chi connectivity index (χ3v) is 10.6. The molecule has 2 aliphatic heterocycles. The summed E-state index contributed by atoms with van der Waals surface area (Å²) in [5.74, 6) is 1.09. The van der Waals surface area contributed by atoms with Crippen molar-refractivity contribution in [3.05, 3.63) is 93.2 Å². The third kappa shape index (κ3) is 7.49. The van der Waals surface area contributed by atoms with E-state index in [1.165, 1.54) is 0 Å². The van der Waals surface area contributed by atoms with Gasteiger partial charge >= 0.3 is 6.03 Å². The molecule has 0 radical (unpaired) electrons. The van der Waals surface area contributed by atoms with E-state index in [0.717, 1.165) is 16.8 Å². The molecule has 268 valence electrons. The zero-order valence-corrected chi connectivity index (χ0v) is 31.4. The maximum absolute atomic E-state index is 15.2. The number of aliphatic imine (C=N–C) groups is 1. The Bertz CT molecular complexity index is 1700. The quantitative estimate of drug-likeness (QED) is 0.212. The fourth-order valence-corrected chi connectivity index (χ4v) is 7.21. The van der Waals surface area contributed by atoms with Crippen molar-refractivity contribution in [2.75, 3.05) is 32.9 Å². The number of rotatable bonds is 10. The summed E-state index contributed by atoms with van der Waals surface area (Å²) in [5.41, 5.74) is 0.936. The lowest BCUT2D eigenvalue weighted by molar-refractivity contribution is -0.122. The highest BCUT2D eigenvalue weighted by Crippen LogP contribution is 2.54. The van der Waals surface area contributed by atoms with Gasteiger partial charge in [-0.2, -0.15) is 0 Å². The highest BCUT2D eigenvalue weighted by atomic mass is 35.5. The molecular weight excluding hydrogens is 676 g/mol. The van der Waals surface area contributed by atoms with Gasteiger partial charge in [-0.3, -0.25) is 24.1 Å². The number of piperidine rings is 1. The van der Waals surface area contributed by atoms with Crippen LogP contribution in [-0.4, -0.2) is 65.5 Å². The average molecular weight is 725 g/mol. The normalized spacial score (nSPS) is 21.3. The molecule has 3 heterocycles. The Morgan fingerprint density at radius 1 is 1.00 bits per heavy atom. The predicted octanol–water partition coefficient (Wildman–Crippen LogP) is 8.68. The van der Waals surface area contributed by atoms with Crippen molar-refractivity contribution in [3.63, 3.8) is 0 Å². The van der Waals surface area contributed by atoms with E-state index in [1.807, 2.05) is 85.2 Å². The molecule has 1 saturated heterocycles. The molecule has 5 rings (SSSR count). The molecule has 2 aromatic carbocycles. The monoisotopic (exact) mass is 723 g/mol. The number of alkyl halides is 1. The van der Waals surface area contributed by atoms with Crippen LogP contribution in [0.2, 0.25) is 10.0 Å². The van der Waals surface area contributed by atoms with Crippen LogP contribution in [0.3, 0.4) is 0 Å². The van der Waals surface area contributed by atoms with E-state index in [-0.39, 0.29) is 23.3 Å². The minimum absolute atomic E-state index is 0.0825. The van der Waals surface area contributed by atoms with Crippen LogP contribution in [-0.2, 0) is 21.3 Å². The van der Waals surface area contributed by atoms with Gasteiger partial charge in [0, 0.05) is 59.5 Å². The Balaban J connectivity index is 1.62. The topological polar surface area (TPSA) is 87.1 Å². The Hall–Kier alpha value is -3.69. The number of ether oxygens (including phenoxy) is 1. The highest BCUT2D eigenvalue weighted by molar-refractivity contribution is 6.30. The summed E-state index contributed by atoms with van der Waals surface area (Å²) >= 11 is 12.8. The lowest BCUT2D eigenvalue weighted by Crippen LogP contribution is -2.59. The number of carbonyl (C=O) groups is 2. The van der Waals surface area contributed by atoms with E-state index in [0.29, 0.717) is 79.1 Å². The van der Waals surface area contributed by atoms with Gasteiger partial charge in [0.2, 0.25) is 5.91 Å². The molecule has 3 amide bonds. The summed E-state index contributed by atoms with van der Waals surface area (Å²) in [6.45, 7) is 13.5. The molecule has 0 spiro atoms. The highest BCUT2D eigenvalue weighted by Gasteiger charge is 2.60. The summed E-state index contributed by atoms with van der Waals surface area (Å²) in [5, 5.41) is 3.98. The van der Waals surface area contributed by atoms with Gasteiger partial charge in [-0.05, 0) is 81.3 Å². The molecule has 50 heavy (non-hydrogen) atoms. The number of aromatic nitrogens is 1. The van der Waals surface area contributed by atoms with Gasteiger partial charge < -0.3 is 15.0 Å². The van der Waals surface area contributed by atoms with Crippen LogP contribution in [0, 0.1) is 5.92 Å². The van der Waals surface area contributed by atoms with Crippen LogP contribution in [0.4, 0.5) is 9.18 Å². The van der Waals surface area contributed by atoms with Crippen molar-refractivity contribution in [3.8, 4) is 5.75 Å². The number of likely N-dealkylation sites (tertiary alicyclic amines) is 1. The zero-order chi connectivity index (χ0) is 36.3. The molecule has 3 aromatic rings. The molecule has 8 nitrogen and oxygen atoms in total. The molecule has 1 N–H and O–H groups in total. The lowest BCUT2D eigenvalue weighted by atomic mass is 9.71. The second-order valence-electron chi connectivity index (χ2n) is 14.5. The smallest absolute Gasteiger partial charge is 0.326 e. The summed E-state index contributed by atoms with van der Waals surface area (Å²) in [7, 11) is 0. The van der Waals surface area contributed by atoms with Gasteiger partial charge in [-0.1, -0.05) is 68.2 Å². The molecule has 2 atom stereocenters. The Kier molecular flexibility index (Phi) is 11.5. The molecule has 0 unspecified atom stereocenters. The van der Waals surface area contributed by atoms with Gasteiger partial charge in [0.05, 0.1) is 18.8 Å². The van der Waals surface area contributed by atoms with Crippen molar-refractivity contribution in [1.29, 1.82) is 0 Å². The number of carbonyl (C=O) groups excluding carboxylic acids is 2. The standard InChI is InChI=1S/C39H48Cl2FN5O3/c1-7-50-32-24-33(37(2,3)4)44-25-31(32)35-45-38(5,27-9-13-29(40)14-10-27)39(6,28-11-15-30(41)16-12-28)47(35)36(49)46-21-17-26(18-22-46)23-34(48)43-20-8-19-42/h9-16,24-26H,7-8,17-23H2,1-6H3,(H,43,48)/t38-,39+/m0/s1. The van der Waals surface area contributed by atoms with E-state index >= 15 is 4.79 Å². The molecule has 2 aliphatic rings. The number of amides is 3. The minimum Gasteiger partial charge on any atom is -0.493 e. The molecule has 0 saturated carbocycles. The van der Waals surface area contributed by atoms with Gasteiger partial charge in [0.1, 0.15) is 22.7 Å². The molecule has 11 heteroatoms. The molecule has 1 fully saturated rings. The number of nitrogens with zero attached hydrogens (tertiary/aromatic N) is 4. The second-order valence-corrected chi connectivity index (χ2v) is 15.4. The van der Waals surface area contributed by atoms with Crippen molar-refractivity contribution in [2.45, 2.75) is 83.7 Å². The molecular formula is C39H48Cl2FN5O3. The van der Waals surface area contributed by atoms with Gasteiger partial charge in [-0.25, -0.2) is 4.79 Å². The molecule has 0 aliphatic carbocycles. The second kappa shape index (κ2) is 15.3. The van der Waals surface area contributed by atoms with Crippen molar-refractivity contribution >= 4 is 41.0 Å². The number of nitrogens with one attached hydrogen (secondary N) is 1. The van der Waals surface area contributed by atoms with E-state index in [4.69, 9.17) is 37.9 Å². The van der Waals surface area contributed by atoms with Crippen molar-refractivity contribution in [1.82, 2.24) is 20.1 Å². The average Bonchev–Trinajstić information content (AvgIpc) is 3.33. The van der Waals surface area contributed by atoms with Crippen LogP contribution in [0.25, 0.3) is 0 Å². The first-order valence-corrected chi connectivity index (χ1v) is 18.2. The van der Waals surface area contributed by atoms with Crippen LogP contribution in [0.1, 0.15) is 89.6 Å². The van der Waals surface area contributed by atoms with Crippen LogP contribution in [0.15, 0.2) is 65.8 Å². The maximum Gasteiger partial charge on any atom is 0.326 e. The summed E-state index contributed by atoms with van der Waals surface area (Å²) in [6, 6.07) is 16.9. The largest absolute Gasteiger partial charge is 0.493 e. The number of hydrogen-bond donors (Lipinski definition) is 1. The number of amidine groups is 1. The Morgan fingerprint density at radius 3 is 2.16 bits per heavy atom. The lowest BCUT2D eigenvalue weighted by Gasteiger charge is -2.47. The number of halogens is 3. The fraction of sp³-hybridized carbons (Fsp3) is 0.487. The minimum atomic E-state index is -1.04. The summed E-state index contributed by atoms with van der Waals surface area (Å²) in [6.07, 6.45) is 3.76. The summed E-state index contributed by atoms with van der Waals surface area (Å²) < 4.78 is 18.8. The predicted molar refractivity (Wildman–Crippen MR) is 198 cm³/mol. The first kappa shape index (κ1) is 37.6. The number of urea groups is 1.